The maximum atomic E-state index is 11.2. The van der Waals surface area contributed by atoms with Crippen molar-refractivity contribution >= 4 is 18.3 Å². The lowest BCUT2D eigenvalue weighted by Crippen LogP contribution is -2.41. The Balaban J connectivity index is 0.00000144. The van der Waals surface area contributed by atoms with Crippen molar-refractivity contribution in [1.29, 1.82) is 0 Å². The quantitative estimate of drug-likeness (QED) is 0.887. The van der Waals surface area contributed by atoms with E-state index in [0.717, 1.165) is 32.4 Å². The highest BCUT2D eigenvalue weighted by atomic mass is 35.5. The van der Waals surface area contributed by atoms with E-state index in [1.54, 1.807) is 0 Å². The van der Waals surface area contributed by atoms with Crippen molar-refractivity contribution < 1.29 is 4.79 Å². The first-order valence-corrected chi connectivity index (χ1v) is 5.84. The first-order valence-electron chi connectivity index (χ1n) is 5.84. The monoisotopic (exact) mass is 254 g/mol. The Labute approximate surface area is 108 Å². The van der Waals surface area contributed by atoms with E-state index in [-0.39, 0.29) is 24.4 Å². The van der Waals surface area contributed by atoms with E-state index >= 15 is 0 Å². The Morgan fingerprint density at radius 1 is 1.35 bits per heavy atom. The second-order valence-corrected chi connectivity index (χ2v) is 4.33. The summed E-state index contributed by atoms with van der Waals surface area (Å²) >= 11 is 0. The van der Waals surface area contributed by atoms with Gasteiger partial charge in [0.15, 0.2) is 0 Å². The SMILES string of the molecule is Cl.NC(=O)[C@@H]1CCCN1CCc1ccccc1. The average Bonchev–Trinajstić information content (AvgIpc) is 2.76. The largest absolute Gasteiger partial charge is 0.368 e. The van der Waals surface area contributed by atoms with E-state index in [1.807, 2.05) is 18.2 Å². The third-order valence-corrected chi connectivity index (χ3v) is 3.22. The lowest BCUT2D eigenvalue weighted by molar-refractivity contribution is -0.122. The van der Waals surface area contributed by atoms with E-state index in [4.69, 9.17) is 5.73 Å². The molecular formula is C13H19ClN2O. The van der Waals surface area contributed by atoms with Gasteiger partial charge in [0.25, 0.3) is 0 Å². The summed E-state index contributed by atoms with van der Waals surface area (Å²) in [6, 6.07) is 10.3. The summed E-state index contributed by atoms with van der Waals surface area (Å²) in [6.07, 6.45) is 3.00. The Hall–Kier alpha value is -1.06. The number of rotatable bonds is 4. The van der Waals surface area contributed by atoms with Gasteiger partial charge in [-0.3, -0.25) is 9.69 Å². The van der Waals surface area contributed by atoms with E-state index in [9.17, 15) is 4.79 Å². The number of hydrogen-bond donors (Lipinski definition) is 1. The molecular weight excluding hydrogens is 236 g/mol. The van der Waals surface area contributed by atoms with Gasteiger partial charge in [-0.2, -0.15) is 0 Å². The van der Waals surface area contributed by atoms with E-state index in [0.29, 0.717) is 0 Å². The van der Waals surface area contributed by atoms with Gasteiger partial charge in [0.2, 0.25) is 5.91 Å². The molecule has 0 spiro atoms. The number of likely N-dealkylation sites (tertiary alicyclic amines) is 1. The Kier molecular flexibility index (Phi) is 5.45. The zero-order valence-corrected chi connectivity index (χ0v) is 10.7. The summed E-state index contributed by atoms with van der Waals surface area (Å²) in [6.45, 7) is 1.93. The molecule has 2 rings (SSSR count). The molecule has 0 bridgehead atoms. The smallest absolute Gasteiger partial charge is 0.234 e. The fourth-order valence-corrected chi connectivity index (χ4v) is 2.33. The number of benzene rings is 1. The van der Waals surface area contributed by atoms with Crippen molar-refractivity contribution in [3.8, 4) is 0 Å². The summed E-state index contributed by atoms with van der Waals surface area (Å²) in [4.78, 5) is 13.4. The van der Waals surface area contributed by atoms with Gasteiger partial charge in [-0.25, -0.2) is 0 Å². The number of halogens is 1. The fraction of sp³-hybridized carbons (Fsp3) is 0.462. The minimum Gasteiger partial charge on any atom is -0.368 e. The first-order chi connectivity index (χ1) is 7.77. The molecule has 1 atom stereocenters. The van der Waals surface area contributed by atoms with E-state index < -0.39 is 0 Å². The van der Waals surface area contributed by atoms with Gasteiger partial charge < -0.3 is 5.73 Å². The third-order valence-electron chi connectivity index (χ3n) is 3.22. The molecule has 2 N–H and O–H groups in total. The number of carbonyl (C=O) groups excluding carboxylic acids is 1. The standard InChI is InChI=1S/C13H18N2O.ClH/c14-13(16)12-7-4-9-15(12)10-8-11-5-2-1-3-6-11;/h1-3,5-6,12H,4,7-10H2,(H2,14,16);1H/t12-;/m0./s1. The highest BCUT2D eigenvalue weighted by Crippen LogP contribution is 2.17. The Morgan fingerprint density at radius 2 is 2.06 bits per heavy atom. The van der Waals surface area contributed by atoms with Crippen LogP contribution in [0.25, 0.3) is 0 Å². The molecule has 0 radical (unpaired) electrons. The molecule has 94 valence electrons. The van der Waals surface area contributed by atoms with Crippen LogP contribution in [0.1, 0.15) is 18.4 Å². The van der Waals surface area contributed by atoms with Gasteiger partial charge in [-0.15, -0.1) is 12.4 Å². The van der Waals surface area contributed by atoms with Crippen LogP contribution in [0, 0.1) is 0 Å². The Bertz CT molecular complexity index is 356. The molecule has 1 aliphatic heterocycles. The number of carbonyl (C=O) groups is 1. The van der Waals surface area contributed by atoms with Gasteiger partial charge in [-0.1, -0.05) is 30.3 Å². The van der Waals surface area contributed by atoms with Crippen LogP contribution in [0.4, 0.5) is 0 Å². The fourth-order valence-electron chi connectivity index (χ4n) is 2.33. The van der Waals surface area contributed by atoms with Gasteiger partial charge in [0.1, 0.15) is 0 Å². The van der Waals surface area contributed by atoms with Crippen LogP contribution in [-0.2, 0) is 11.2 Å². The van der Waals surface area contributed by atoms with E-state index in [1.165, 1.54) is 5.56 Å². The molecule has 0 saturated carbocycles. The number of nitrogens with zero attached hydrogens (tertiary/aromatic N) is 1. The van der Waals surface area contributed by atoms with Crippen molar-refractivity contribution in [3.63, 3.8) is 0 Å². The van der Waals surface area contributed by atoms with Crippen LogP contribution in [0.3, 0.4) is 0 Å². The van der Waals surface area contributed by atoms with Crippen molar-refractivity contribution in [2.24, 2.45) is 5.73 Å². The molecule has 3 nitrogen and oxygen atoms in total. The molecule has 1 heterocycles. The topological polar surface area (TPSA) is 46.3 Å². The predicted molar refractivity (Wildman–Crippen MR) is 71.2 cm³/mol. The van der Waals surface area contributed by atoms with Crippen LogP contribution < -0.4 is 5.73 Å². The molecule has 1 amide bonds. The van der Waals surface area contributed by atoms with Gasteiger partial charge in [-0.05, 0) is 31.4 Å². The number of hydrogen-bond acceptors (Lipinski definition) is 2. The number of nitrogens with two attached hydrogens (primary N) is 1. The van der Waals surface area contributed by atoms with Crippen molar-refractivity contribution in [1.82, 2.24) is 4.90 Å². The predicted octanol–water partition coefficient (Wildman–Crippen LogP) is 1.60. The average molecular weight is 255 g/mol. The molecule has 1 saturated heterocycles. The maximum Gasteiger partial charge on any atom is 0.234 e. The van der Waals surface area contributed by atoms with Gasteiger partial charge >= 0.3 is 0 Å². The molecule has 1 fully saturated rings. The van der Waals surface area contributed by atoms with Crippen molar-refractivity contribution in [3.05, 3.63) is 35.9 Å². The zero-order valence-electron chi connectivity index (χ0n) is 9.84. The minimum atomic E-state index is -0.175. The molecule has 17 heavy (non-hydrogen) atoms. The summed E-state index contributed by atoms with van der Waals surface area (Å²) in [5.41, 5.74) is 6.69. The zero-order chi connectivity index (χ0) is 11.4. The summed E-state index contributed by atoms with van der Waals surface area (Å²) in [5, 5.41) is 0. The molecule has 1 aliphatic rings. The molecule has 0 aromatic heterocycles. The summed E-state index contributed by atoms with van der Waals surface area (Å²) < 4.78 is 0. The lowest BCUT2D eigenvalue weighted by Gasteiger charge is -2.21. The highest BCUT2D eigenvalue weighted by Gasteiger charge is 2.28. The molecule has 4 heteroatoms. The summed E-state index contributed by atoms with van der Waals surface area (Å²) in [7, 11) is 0. The second kappa shape index (κ2) is 6.62. The molecule has 0 aliphatic carbocycles. The van der Waals surface area contributed by atoms with E-state index in [2.05, 4.69) is 17.0 Å². The van der Waals surface area contributed by atoms with Gasteiger partial charge in [0, 0.05) is 6.54 Å². The number of amides is 1. The highest BCUT2D eigenvalue weighted by molar-refractivity contribution is 5.85. The maximum absolute atomic E-state index is 11.2. The van der Waals surface area contributed by atoms with Gasteiger partial charge in [0.05, 0.1) is 6.04 Å². The summed E-state index contributed by atoms with van der Waals surface area (Å²) in [5.74, 6) is -0.175. The van der Waals surface area contributed by atoms with Crippen LogP contribution in [0.5, 0.6) is 0 Å². The van der Waals surface area contributed by atoms with Crippen LogP contribution in [-0.4, -0.2) is 29.9 Å². The van der Waals surface area contributed by atoms with Crippen molar-refractivity contribution in [2.45, 2.75) is 25.3 Å². The Morgan fingerprint density at radius 3 is 2.71 bits per heavy atom. The first kappa shape index (κ1) is 14.0. The molecule has 1 aromatic carbocycles. The van der Waals surface area contributed by atoms with Crippen LogP contribution in [0.15, 0.2) is 30.3 Å². The van der Waals surface area contributed by atoms with Crippen LogP contribution >= 0.6 is 12.4 Å². The lowest BCUT2D eigenvalue weighted by atomic mass is 10.1. The minimum absolute atomic E-state index is 0. The molecule has 0 unspecified atom stereocenters. The van der Waals surface area contributed by atoms with Crippen molar-refractivity contribution in [2.75, 3.05) is 13.1 Å². The third kappa shape index (κ3) is 3.72. The molecule has 1 aromatic rings. The van der Waals surface area contributed by atoms with Crippen LogP contribution in [0.2, 0.25) is 0 Å². The normalized spacial score (nSPS) is 19.9. The second-order valence-electron chi connectivity index (χ2n) is 4.33. The number of primary amides is 1.